The third kappa shape index (κ3) is 4.16. The minimum Gasteiger partial charge on any atom is -0.496 e. The van der Waals surface area contributed by atoms with E-state index in [0.717, 1.165) is 5.75 Å². The molecule has 20 heavy (non-hydrogen) atoms. The van der Waals surface area contributed by atoms with E-state index in [2.05, 4.69) is 37.4 Å². The second kappa shape index (κ2) is 7.94. The first-order valence-electron chi connectivity index (χ1n) is 7.71. The average molecular weight is 293 g/mol. The van der Waals surface area contributed by atoms with E-state index in [1.165, 1.54) is 36.3 Å². The molecular weight excluding hydrogens is 266 g/mol. The maximum absolute atomic E-state index is 5.46. The quantitative estimate of drug-likeness (QED) is 0.730. The van der Waals surface area contributed by atoms with E-state index in [4.69, 9.17) is 4.74 Å². The molecule has 0 radical (unpaired) electrons. The van der Waals surface area contributed by atoms with Crippen LogP contribution in [0.3, 0.4) is 0 Å². The molecule has 0 saturated heterocycles. The Kier molecular flexibility index (Phi) is 6.24. The van der Waals surface area contributed by atoms with Gasteiger partial charge in [0.15, 0.2) is 0 Å². The number of ether oxygens (including phenoxy) is 1. The minimum atomic E-state index is 0.637. The highest BCUT2D eigenvalue weighted by Gasteiger charge is 2.32. The van der Waals surface area contributed by atoms with Crippen LogP contribution in [0, 0.1) is 0 Å². The van der Waals surface area contributed by atoms with E-state index >= 15 is 0 Å². The van der Waals surface area contributed by atoms with Gasteiger partial charge in [-0.15, -0.1) is 0 Å². The number of para-hydroxylation sites is 1. The molecule has 0 aliphatic heterocycles. The molecule has 1 fully saturated rings. The summed E-state index contributed by atoms with van der Waals surface area (Å²) >= 11 is 2.03. The van der Waals surface area contributed by atoms with Crippen molar-refractivity contribution in [1.82, 2.24) is 5.32 Å². The largest absolute Gasteiger partial charge is 0.496 e. The lowest BCUT2D eigenvalue weighted by atomic mass is 9.75. The van der Waals surface area contributed by atoms with Crippen LogP contribution in [-0.4, -0.2) is 30.7 Å². The summed E-state index contributed by atoms with van der Waals surface area (Å²) in [6.45, 7) is 4.54. The van der Waals surface area contributed by atoms with Crippen molar-refractivity contribution in [2.45, 2.75) is 51.1 Å². The lowest BCUT2D eigenvalue weighted by Gasteiger charge is -2.38. The first-order chi connectivity index (χ1) is 9.74. The van der Waals surface area contributed by atoms with Crippen molar-refractivity contribution in [2.75, 3.05) is 18.6 Å². The van der Waals surface area contributed by atoms with Crippen LogP contribution in [0.2, 0.25) is 0 Å². The summed E-state index contributed by atoms with van der Waals surface area (Å²) in [7, 11) is 1.76. The maximum atomic E-state index is 5.46. The highest BCUT2D eigenvalue weighted by atomic mass is 32.2. The van der Waals surface area contributed by atoms with Crippen molar-refractivity contribution >= 4 is 11.8 Å². The summed E-state index contributed by atoms with van der Waals surface area (Å²) in [6, 6.07) is 9.76. The van der Waals surface area contributed by atoms with Gasteiger partial charge in [-0.25, -0.2) is 0 Å². The molecule has 1 unspecified atom stereocenters. The number of thioether (sulfide) groups is 1. The van der Waals surface area contributed by atoms with E-state index in [1.54, 1.807) is 7.11 Å². The van der Waals surface area contributed by atoms with Gasteiger partial charge in [-0.05, 0) is 55.2 Å². The first kappa shape index (κ1) is 15.7. The van der Waals surface area contributed by atoms with Crippen molar-refractivity contribution in [3.05, 3.63) is 29.8 Å². The molecule has 2 nitrogen and oxygen atoms in total. The van der Waals surface area contributed by atoms with Gasteiger partial charge in [-0.3, -0.25) is 0 Å². The SMILES string of the molecule is CCSCCC(C)NC1CC(c2ccccc2OC)C1. The molecule has 112 valence electrons. The zero-order chi connectivity index (χ0) is 14.4. The second-order valence-corrected chi connectivity index (χ2v) is 7.05. The zero-order valence-electron chi connectivity index (χ0n) is 12.9. The summed E-state index contributed by atoms with van der Waals surface area (Å²) in [4.78, 5) is 0. The second-order valence-electron chi connectivity index (χ2n) is 5.66. The van der Waals surface area contributed by atoms with Crippen LogP contribution in [0.25, 0.3) is 0 Å². The topological polar surface area (TPSA) is 21.3 Å². The molecule has 0 bridgehead atoms. The van der Waals surface area contributed by atoms with Gasteiger partial charge in [0, 0.05) is 12.1 Å². The van der Waals surface area contributed by atoms with Gasteiger partial charge in [0.2, 0.25) is 0 Å². The number of nitrogens with one attached hydrogen (secondary N) is 1. The number of hydrogen-bond acceptors (Lipinski definition) is 3. The van der Waals surface area contributed by atoms with E-state index < -0.39 is 0 Å². The van der Waals surface area contributed by atoms with Gasteiger partial charge in [0.05, 0.1) is 7.11 Å². The fraction of sp³-hybridized carbons (Fsp3) is 0.647. The van der Waals surface area contributed by atoms with Crippen LogP contribution in [0.4, 0.5) is 0 Å². The summed E-state index contributed by atoms with van der Waals surface area (Å²) in [5, 5.41) is 3.76. The van der Waals surface area contributed by atoms with Crippen LogP contribution in [0.15, 0.2) is 24.3 Å². The molecule has 1 N–H and O–H groups in total. The Morgan fingerprint density at radius 2 is 2.10 bits per heavy atom. The van der Waals surface area contributed by atoms with Crippen molar-refractivity contribution < 1.29 is 4.74 Å². The molecule has 1 aliphatic rings. The normalized spacial score (nSPS) is 23.1. The molecule has 1 atom stereocenters. The van der Waals surface area contributed by atoms with Crippen LogP contribution < -0.4 is 10.1 Å². The summed E-state index contributed by atoms with van der Waals surface area (Å²) in [5.74, 6) is 4.21. The van der Waals surface area contributed by atoms with E-state index in [9.17, 15) is 0 Å². The third-order valence-corrected chi connectivity index (χ3v) is 5.07. The number of rotatable bonds is 8. The van der Waals surface area contributed by atoms with Crippen LogP contribution in [0.1, 0.15) is 44.6 Å². The predicted octanol–water partition coefficient (Wildman–Crippen LogP) is 4.06. The summed E-state index contributed by atoms with van der Waals surface area (Å²) < 4.78 is 5.46. The molecule has 0 amide bonds. The van der Waals surface area contributed by atoms with Gasteiger partial charge in [-0.1, -0.05) is 25.1 Å². The monoisotopic (exact) mass is 293 g/mol. The molecule has 0 heterocycles. The average Bonchev–Trinajstić information content (AvgIpc) is 2.43. The predicted molar refractivity (Wildman–Crippen MR) is 89.0 cm³/mol. The highest BCUT2D eigenvalue weighted by molar-refractivity contribution is 7.99. The number of methoxy groups -OCH3 is 1. The molecular formula is C17H27NOS. The Morgan fingerprint density at radius 1 is 1.35 bits per heavy atom. The van der Waals surface area contributed by atoms with Gasteiger partial charge >= 0.3 is 0 Å². The van der Waals surface area contributed by atoms with E-state index in [-0.39, 0.29) is 0 Å². The van der Waals surface area contributed by atoms with Crippen molar-refractivity contribution in [3.63, 3.8) is 0 Å². The Balaban J connectivity index is 1.74. The smallest absolute Gasteiger partial charge is 0.122 e. The van der Waals surface area contributed by atoms with Gasteiger partial charge in [0.1, 0.15) is 5.75 Å². The fourth-order valence-corrected chi connectivity index (χ4v) is 3.71. The number of benzene rings is 1. The highest BCUT2D eigenvalue weighted by Crippen LogP contribution is 2.41. The van der Waals surface area contributed by atoms with Crippen molar-refractivity contribution in [3.8, 4) is 5.75 Å². The molecule has 1 aromatic rings. The first-order valence-corrected chi connectivity index (χ1v) is 8.86. The van der Waals surface area contributed by atoms with Crippen LogP contribution >= 0.6 is 11.8 Å². The fourth-order valence-electron chi connectivity index (χ4n) is 2.90. The summed E-state index contributed by atoms with van der Waals surface area (Å²) in [6.07, 6.45) is 3.76. The Bertz CT molecular complexity index is 404. The zero-order valence-corrected chi connectivity index (χ0v) is 13.7. The molecule has 1 aliphatic carbocycles. The Labute approximate surface area is 127 Å². The van der Waals surface area contributed by atoms with Crippen molar-refractivity contribution in [2.24, 2.45) is 0 Å². The van der Waals surface area contributed by atoms with Crippen molar-refractivity contribution in [1.29, 1.82) is 0 Å². The van der Waals surface area contributed by atoms with Gasteiger partial charge in [-0.2, -0.15) is 11.8 Å². The van der Waals surface area contributed by atoms with E-state index in [0.29, 0.717) is 18.0 Å². The molecule has 2 rings (SSSR count). The molecule has 0 aromatic heterocycles. The molecule has 0 spiro atoms. The van der Waals surface area contributed by atoms with Crippen LogP contribution in [-0.2, 0) is 0 Å². The summed E-state index contributed by atoms with van der Waals surface area (Å²) in [5.41, 5.74) is 1.38. The lowest BCUT2D eigenvalue weighted by Crippen LogP contribution is -2.44. The van der Waals surface area contributed by atoms with Crippen LogP contribution in [0.5, 0.6) is 5.75 Å². The molecule has 3 heteroatoms. The standard InChI is InChI=1S/C17H27NOS/c1-4-20-10-9-13(2)18-15-11-14(12-15)16-7-5-6-8-17(16)19-3/h5-8,13-15,18H,4,9-12H2,1-3H3. The lowest BCUT2D eigenvalue weighted by molar-refractivity contribution is 0.262. The third-order valence-electron chi connectivity index (χ3n) is 4.14. The van der Waals surface area contributed by atoms with Gasteiger partial charge < -0.3 is 10.1 Å². The maximum Gasteiger partial charge on any atom is 0.122 e. The Morgan fingerprint density at radius 3 is 2.80 bits per heavy atom. The minimum absolute atomic E-state index is 0.637. The molecule has 1 saturated carbocycles. The van der Waals surface area contributed by atoms with Gasteiger partial charge in [0.25, 0.3) is 0 Å². The Hall–Kier alpha value is -0.670. The number of hydrogen-bond donors (Lipinski definition) is 1. The molecule has 1 aromatic carbocycles. The van der Waals surface area contributed by atoms with E-state index in [1.807, 2.05) is 17.8 Å².